The lowest BCUT2D eigenvalue weighted by Crippen LogP contribution is -2.19. The van der Waals surface area contributed by atoms with E-state index in [1.165, 1.54) is 6.07 Å². The number of phenolic OH excluding ortho intramolecular Hbond substituents is 1. The highest BCUT2D eigenvalue weighted by molar-refractivity contribution is 9.10. The molecule has 0 heterocycles. The van der Waals surface area contributed by atoms with Gasteiger partial charge >= 0.3 is 0 Å². The Balaban J connectivity index is 3.10. The van der Waals surface area contributed by atoms with Gasteiger partial charge in [-0.3, -0.25) is 4.79 Å². The van der Waals surface area contributed by atoms with Gasteiger partial charge in [0.05, 0.1) is 4.47 Å². The van der Waals surface area contributed by atoms with Gasteiger partial charge in [-0.25, -0.2) is 0 Å². The summed E-state index contributed by atoms with van der Waals surface area (Å²) in [6.45, 7) is 5.61. The molecule has 0 atom stereocenters. The van der Waals surface area contributed by atoms with Crippen LogP contribution in [0, 0.1) is 5.41 Å². The van der Waals surface area contributed by atoms with E-state index in [4.69, 9.17) is 0 Å². The van der Waals surface area contributed by atoms with Gasteiger partial charge in [0.1, 0.15) is 5.75 Å². The number of phenols is 1. The second-order valence-electron chi connectivity index (χ2n) is 4.25. The number of carbonyl (C=O) groups is 1. The molecule has 1 rings (SSSR count). The Hall–Kier alpha value is -0.830. The predicted molar refractivity (Wildman–Crippen MR) is 59.6 cm³/mol. The summed E-state index contributed by atoms with van der Waals surface area (Å²) in [5.41, 5.74) is 0.221. The minimum Gasteiger partial charge on any atom is -0.507 e. The van der Waals surface area contributed by atoms with E-state index in [9.17, 15) is 9.90 Å². The number of aromatic hydroxyl groups is 1. The Morgan fingerprint density at radius 3 is 2.36 bits per heavy atom. The van der Waals surface area contributed by atoms with Gasteiger partial charge in [0, 0.05) is 11.0 Å². The average molecular weight is 257 g/mol. The van der Waals surface area contributed by atoms with Crippen LogP contribution < -0.4 is 0 Å². The van der Waals surface area contributed by atoms with Crippen LogP contribution in [0.25, 0.3) is 0 Å². The minimum atomic E-state index is -0.392. The van der Waals surface area contributed by atoms with Crippen LogP contribution in [0.5, 0.6) is 5.75 Å². The maximum atomic E-state index is 11.8. The topological polar surface area (TPSA) is 37.3 Å². The zero-order valence-electron chi connectivity index (χ0n) is 8.47. The lowest BCUT2D eigenvalue weighted by atomic mass is 9.86. The van der Waals surface area contributed by atoms with Gasteiger partial charge in [-0.2, -0.15) is 0 Å². The van der Waals surface area contributed by atoms with Crippen molar-refractivity contribution in [1.82, 2.24) is 0 Å². The number of hydrogen-bond donors (Lipinski definition) is 1. The first-order valence-electron chi connectivity index (χ1n) is 4.35. The number of hydrogen-bond acceptors (Lipinski definition) is 2. The fourth-order valence-corrected chi connectivity index (χ4v) is 1.46. The summed E-state index contributed by atoms with van der Waals surface area (Å²) in [4.78, 5) is 11.8. The van der Waals surface area contributed by atoms with E-state index in [1.54, 1.807) is 12.1 Å². The number of halogens is 1. The van der Waals surface area contributed by atoms with Crippen LogP contribution in [0.2, 0.25) is 0 Å². The van der Waals surface area contributed by atoms with Gasteiger partial charge in [-0.05, 0) is 34.1 Å². The first-order chi connectivity index (χ1) is 6.32. The molecule has 0 aliphatic heterocycles. The smallest absolute Gasteiger partial charge is 0.168 e. The zero-order chi connectivity index (χ0) is 10.9. The molecule has 1 aromatic carbocycles. The Morgan fingerprint density at radius 1 is 1.36 bits per heavy atom. The summed E-state index contributed by atoms with van der Waals surface area (Å²) in [5.74, 6) is 0.216. The molecular weight excluding hydrogens is 244 g/mol. The van der Waals surface area contributed by atoms with Crippen molar-refractivity contribution in [3.8, 4) is 5.75 Å². The fourth-order valence-electron chi connectivity index (χ4n) is 1.08. The molecule has 1 N–H and O–H groups in total. The molecule has 0 unspecified atom stereocenters. The summed E-state index contributed by atoms with van der Waals surface area (Å²) in [6, 6.07) is 4.79. The molecule has 3 heteroatoms. The van der Waals surface area contributed by atoms with Gasteiger partial charge in [-0.1, -0.05) is 20.8 Å². The summed E-state index contributed by atoms with van der Waals surface area (Å²) < 4.78 is 0.549. The molecule has 0 aliphatic rings. The molecule has 0 aromatic heterocycles. The van der Waals surface area contributed by atoms with Crippen molar-refractivity contribution in [3.05, 3.63) is 28.2 Å². The van der Waals surface area contributed by atoms with E-state index >= 15 is 0 Å². The van der Waals surface area contributed by atoms with E-state index < -0.39 is 5.41 Å². The van der Waals surface area contributed by atoms with Gasteiger partial charge in [0.15, 0.2) is 5.78 Å². The lowest BCUT2D eigenvalue weighted by molar-refractivity contribution is 0.0858. The van der Waals surface area contributed by atoms with Crippen molar-refractivity contribution < 1.29 is 9.90 Å². The fraction of sp³-hybridized carbons (Fsp3) is 0.364. The van der Waals surface area contributed by atoms with E-state index in [2.05, 4.69) is 15.9 Å². The van der Waals surface area contributed by atoms with Crippen molar-refractivity contribution in [2.24, 2.45) is 5.41 Å². The second-order valence-corrected chi connectivity index (χ2v) is 5.10. The molecular formula is C11H13BrO2. The first kappa shape index (κ1) is 11.2. The maximum absolute atomic E-state index is 11.8. The monoisotopic (exact) mass is 256 g/mol. The minimum absolute atomic E-state index is 0.0678. The van der Waals surface area contributed by atoms with E-state index in [-0.39, 0.29) is 11.5 Å². The Kier molecular flexibility index (Phi) is 3.00. The van der Waals surface area contributed by atoms with Crippen LogP contribution in [0.15, 0.2) is 22.7 Å². The van der Waals surface area contributed by atoms with Gasteiger partial charge < -0.3 is 5.11 Å². The van der Waals surface area contributed by atoms with Crippen LogP contribution in [0.1, 0.15) is 31.1 Å². The molecule has 0 aliphatic carbocycles. The molecule has 0 amide bonds. The van der Waals surface area contributed by atoms with Crippen LogP contribution in [-0.2, 0) is 0 Å². The van der Waals surface area contributed by atoms with Gasteiger partial charge in [0.2, 0.25) is 0 Å². The van der Waals surface area contributed by atoms with E-state index in [0.717, 1.165) is 0 Å². The van der Waals surface area contributed by atoms with Crippen LogP contribution >= 0.6 is 15.9 Å². The first-order valence-corrected chi connectivity index (χ1v) is 5.15. The number of carbonyl (C=O) groups excluding carboxylic acids is 1. The Bertz CT molecular complexity index is 364. The molecule has 14 heavy (non-hydrogen) atoms. The van der Waals surface area contributed by atoms with Crippen molar-refractivity contribution in [3.63, 3.8) is 0 Å². The number of benzene rings is 1. The molecule has 76 valence electrons. The van der Waals surface area contributed by atoms with Crippen molar-refractivity contribution in [1.29, 1.82) is 0 Å². The van der Waals surface area contributed by atoms with Gasteiger partial charge in [-0.15, -0.1) is 0 Å². The highest BCUT2D eigenvalue weighted by atomic mass is 79.9. The average Bonchev–Trinajstić information content (AvgIpc) is 2.07. The Labute approximate surface area is 92.1 Å². The SMILES string of the molecule is CC(C)(C)C(=O)c1ccc(O)c(Br)c1. The lowest BCUT2D eigenvalue weighted by Gasteiger charge is -2.16. The standard InChI is InChI=1S/C11H13BrO2/c1-11(2,3)10(14)7-4-5-9(13)8(12)6-7/h4-6,13H,1-3H3. The van der Waals surface area contributed by atoms with E-state index in [1.807, 2.05) is 20.8 Å². The maximum Gasteiger partial charge on any atom is 0.168 e. The van der Waals surface area contributed by atoms with Gasteiger partial charge in [0.25, 0.3) is 0 Å². The Morgan fingerprint density at radius 2 is 1.93 bits per heavy atom. The molecule has 0 fully saturated rings. The highest BCUT2D eigenvalue weighted by Crippen LogP contribution is 2.28. The number of ketones is 1. The molecule has 0 saturated heterocycles. The van der Waals surface area contributed by atoms with Crippen molar-refractivity contribution in [2.45, 2.75) is 20.8 Å². The largest absolute Gasteiger partial charge is 0.507 e. The number of Topliss-reactive ketones (excluding diaryl/α,β-unsaturated/α-hetero) is 1. The molecule has 0 saturated carbocycles. The summed E-state index contributed by atoms with van der Waals surface area (Å²) in [7, 11) is 0. The van der Waals surface area contributed by atoms with Crippen LogP contribution in [-0.4, -0.2) is 10.9 Å². The third-order valence-corrected chi connectivity index (χ3v) is 2.53. The highest BCUT2D eigenvalue weighted by Gasteiger charge is 2.23. The molecule has 2 nitrogen and oxygen atoms in total. The molecule has 0 spiro atoms. The predicted octanol–water partition coefficient (Wildman–Crippen LogP) is 3.38. The molecule has 1 aromatic rings. The zero-order valence-corrected chi connectivity index (χ0v) is 10.1. The number of rotatable bonds is 1. The summed E-state index contributed by atoms with van der Waals surface area (Å²) in [6.07, 6.45) is 0. The second kappa shape index (κ2) is 3.73. The van der Waals surface area contributed by atoms with Crippen molar-refractivity contribution >= 4 is 21.7 Å². The third kappa shape index (κ3) is 2.35. The summed E-state index contributed by atoms with van der Waals surface area (Å²) in [5, 5.41) is 9.27. The van der Waals surface area contributed by atoms with Crippen LogP contribution in [0.4, 0.5) is 0 Å². The third-order valence-electron chi connectivity index (χ3n) is 1.89. The molecule has 0 bridgehead atoms. The molecule has 0 radical (unpaired) electrons. The van der Waals surface area contributed by atoms with E-state index in [0.29, 0.717) is 10.0 Å². The quantitative estimate of drug-likeness (QED) is 0.783. The summed E-state index contributed by atoms with van der Waals surface area (Å²) >= 11 is 3.18. The normalized spacial score (nSPS) is 11.4. The van der Waals surface area contributed by atoms with Crippen LogP contribution in [0.3, 0.4) is 0 Å². The van der Waals surface area contributed by atoms with Crippen molar-refractivity contribution in [2.75, 3.05) is 0 Å².